The fraction of sp³-hybridized carbons (Fsp3) is 0.571. The molecule has 0 aliphatic heterocycles. The van der Waals surface area contributed by atoms with E-state index in [1.165, 1.54) is 11.8 Å². The van der Waals surface area contributed by atoms with Crippen molar-refractivity contribution >= 4 is 9.84 Å². The molecule has 0 radical (unpaired) electrons. The molecule has 0 spiro atoms. The summed E-state index contributed by atoms with van der Waals surface area (Å²) in [7, 11) is -3.03. The van der Waals surface area contributed by atoms with Gasteiger partial charge in [0.15, 0.2) is 9.84 Å². The molecule has 0 heterocycles. The van der Waals surface area contributed by atoms with Gasteiger partial charge in [-0.05, 0) is 25.3 Å². The molecule has 0 saturated heterocycles. The monoisotopic (exact) mass is 269 g/mol. The van der Waals surface area contributed by atoms with E-state index in [9.17, 15) is 8.42 Å². The van der Waals surface area contributed by atoms with Crippen molar-refractivity contribution in [1.29, 1.82) is 0 Å². The van der Waals surface area contributed by atoms with Gasteiger partial charge < -0.3 is 5.32 Å². The molecule has 1 aromatic carbocycles. The smallest absolute Gasteiger partial charge is 0.153 e. The minimum absolute atomic E-state index is 0.376. The first-order valence-corrected chi connectivity index (χ1v) is 8.08. The second-order valence-electron chi connectivity index (χ2n) is 5.47. The van der Waals surface area contributed by atoms with E-state index in [1.54, 1.807) is 13.8 Å². The molecular weight excluding hydrogens is 246 g/mol. The number of rotatable bonds is 6. The highest BCUT2D eigenvalue weighted by molar-refractivity contribution is 7.92. The zero-order valence-electron chi connectivity index (χ0n) is 11.6. The van der Waals surface area contributed by atoms with Crippen molar-refractivity contribution in [3.8, 4) is 0 Å². The first kappa shape index (κ1) is 15.2. The van der Waals surface area contributed by atoms with Crippen LogP contribution in [0, 0.1) is 0 Å². The lowest BCUT2D eigenvalue weighted by Crippen LogP contribution is -2.42. The van der Waals surface area contributed by atoms with E-state index in [1.807, 2.05) is 18.2 Å². The molecule has 0 fully saturated rings. The van der Waals surface area contributed by atoms with E-state index < -0.39 is 14.6 Å². The van der Waals surface area contributed by atoms with Crippen molar-refractivity contribution in [2.24, 2.45) is 0 Å². The van der Waals surface area contributed by atoms with Gasteiger partial charge in [-0.3, -0.25) is 0 Å². The van der Waals surface area contributed by atoms with Crippen LogP contribution in [0.5, 0.6) is 0 Å². The van der Waals surface area contributed by atoms with Crippen LogP contribution in [-0.2, 0) is 9.84 Å². The largest absolute Gasteiger partial charge is 0.315 e. The Morgan fingerprint density at radius 3 is 2.28 bits per heavy atom. The van der Waals surface area contributed by atoms with Crippen LogP contribution < -0.4 is 5.32 Å². The quantitative estimate of drug-likeness (QED) is 0.861. The Kier molecular flexibility index (Phi) is 4.93. The predicted octanol–water partition coefficient (Wildman–Crippen LogP) is 2.20. The van der Waals surface area contributed by atoms with E-state index in [4.69, 9.17) is 0 Å². The van der Waals surface area contributed by atoms with E-state index in [2.05, 4.69) is 24.4 Å². The maximum absolute atomic E-state index is 11.6. The van der Waals surface area contributed by atoms with Crippen molar-refractivity contribution < 1.29 is 8.42 Å². The lowest BCUT2D eigenvalue weighted by molar-refractivity contribution is 0.510. The third kappa shape index (κ3) is 4.10. The summed E-state index contributed by atoms with van der Waals surface area (Å²) < 4.78 is 22.4. The second-order valence-corrected chi connectivity index (χ2v) is 8.12. The van der Waals surface area contributed by atoms with Gasteiger partial charge in [0.1, 0.15) is 0 Å². The molecule has 0 amide bonds. The zero-order valence-corrected chi connectivity index (χ0v) is 12.4. The molecule has 1 aromatic rings. The van der Waals surface area contributed by atoms with Crippen LogP contribution in [0.4, 0.5) is 0 Å². The SMILES string of the molecule is CC(CNCC(C)(C)S(C)(=O)=O)c1ccccc1. The average molecular weight is 269 g/mol. The van der Waals surface area contributed by atoms with E-state index in [0.717, 1.165) is 6.54 Å². The van der Waals surface area contributed by atoms with Crippen LogP contribution in [0.2, 0.25) is 0 Å². The molecule has 1 unspecified atom stereocenters. The number of benzene rings is 1. The number of nitrogens with one attached hydrogen (secondary N) is 1. The highest BCUT2D eigenvalue weighted by atomic mass is 32.2. The number of hydrogen-bond acceptors (Lipinski definition) is 3. The van der Waals surface area contributed by atoms with Crippen molar-refractivity contribution in [1.82, 2.24) is 5.32 Å². The summed E-state index contributed by atoms with van der Waals surface area (Å²) >= 11 is 0. The molecule has 0 bridgehead atoms. The molecule has 3 nitrogen and oxygen atoms in total. The van der Waals surface area contributed by atoms with Crippen LogP contribution in [-0.4, -0.2) is 32.5 Å². The Balaban J connectivity index is 2.48. The maximum Gasteiger partial charge on any atom is 0.153 e. The van der Waals surface area contributed by atoms with E-state index >= 15 is 0 Å². The number of hydrogen-bond donors (Lipinski definition) is 1. The van der Waals surface area contributed by atoms with Gasteiger partial charge in [-0.2, -0.15) is 0 Å². The second kappa shape index (κ2) is 5.85. The molecule has 1 rings (SSSR count). The molecule has 0 aromatic heterocycles. The zero-order chi connectivity index (χ0) is 13.8. The Morgan fingerprint density at radius 2 is 1.78 bits per heavy atom. The molecule has 1 atom stereocenters. The molecule has 102 valence electrons. The summed E-state index contributed by atoms with van der Waals surface area (Å²) in [6.07, 6.45) is 1.29. The van der Waals surface area contributed by atoms with Gasteiger partial charge in [-0.25, -0.2) is 8.42 Å². The van der Waals surface area contributed by atoms with Crippen molar-refractivity contribution in [3.05, 3.63) is 35.9 Å². The molecule has 18 heavy (non-hydrogen) atoms. The Morgan fingerprint density at radius 1 is 1.22 bits per heavy atom. The minimum atomic E-state index is -3.03. The fourth-order valence-corrected chi connectivity index (χ4v) is 1.98. The molecular formula is C14H23NO2S. The van der Waals surface area contributed by atoms with E-state index in [0.29, 0.717) is 12.5 Å². The number of sulfone groups is 1. The van der Waals surface area contributed by atoms with Crippen molar-refractivity contribution in [2.75, 3.05) is 19.3 Å². The molecule has 0 aliphatic carbocycles. The van der Waals surface area contributed by atoms with Gasteiger partial charge in [-0.1, -0.05) is 37.3 Å². The van der Waals surface area contributed by atoms with Gasteiger partial charge in [0, 0.05) is 19.3 Å². The lowest BCUT2D eigenvalue weighted by atomic mass is 10.0. The third-order valence-corrected chi connectivity index (χ3v) is 5.53. The molecule has 0 aliphatic rings. The summed E-state index contributed by atoms with van der Waals surface area (Å²) in [5.41, 5.74) is 1.27. The summed E-state index contributed by atoms with van der Waals surface area (Å²) in [6.45, 7) is 6.90. The Bertz CT molecular complexity index is 466. The highest BCUT2D eigenvalue weighted by Gasteiger charge is 2.29. The molecule has 0 saturated carbocycles. The summed E-state index contributed by atoms with van der Waals surface area (Å²) in [6, 6.07) is 10.2. The topological polar surface area (TPSA) is 46.2 Å². The highest BCUT2D eigenvalue weighted by Crippen LogP contribution is 2.16. The van der Waals surface area contributed by atoms with Gasteiger partial charge in [0.05, 0.1) is 4.75 Å². The normalized spacial score (nSPS) is 14.4. The van der Waals surface area contributed by atoms with Gasteiger partial charge >= 0.3 is 0 Å². The average Bonchev–Trinajstić information content (AvgIpc) is 2.28. The van der Waals surface area contributed by atoms with Crippen molar-refractivity contribution in [3.63, 3.8) is 0 Å². The first-order valence-electron chi connectivity index (χ1n) is 6.19. The van der Waals surface area contributed by atoms with E-state index in [-0.39, 0.29) is 0 Å². The van der Waals surface area contributed by atoms with Crippen LogP contribution in [0.3, 0.4) is 0 Å². The Labute approximate surface area is 111 Å². The lowest BCUT2D eigenvalue weighted by Gasteiger charge is -2.24. The van der Waals surface area contributed by atoms with Crippen LogP contribution in [0.15, 0.2) is 30.3 Å². The summed E-state index contributed by atoms with van der Waals surface area (Å²) in [5.74, 6) is 0.376. The van der Waals surface area contributed by atoms with Crippen LogP contribution in [0.1, 0.15) is 32.3 Å². The standard InChI is InChI=1S/C14H23NO2S/c1-12(13-8-6-5-7-9-13)10-15-11-14(2,3)18(4,16)17/h5-9,12,15H,10-11H2,1-4H3. The van der Waals surface area contributed by atoms with Crippen molar-refractivity contribution in [2.45, 2.75) is 31.4 Å². The summed E-state index contributed by atoms with van der Waals surface area (Å²) in [5, 5.41) is 3.25. The summed E-state index contributed by atoms with van der Waals surface area (Å²) in [4.78, 5) is 0. The molecule has 4 heteroatoms. The Hall–Kier alpha value is -0.870. The fourth-order valence-electron chi connectivity index (χ4n) is 1.62. The third-order valence-electron chi connectivity index (χ3n) is 3.37. The predicted molar refractivity (Wildman–Crippen MR) is 76.6 cm³/mol. The maximum atomic E-state index is 11.6. The van der Waals surface area contributed by atoms with Crippen LogP contribution >= 0.6 is 0 Å². The first-order chi connectivity index (χ1) is 8.24. The molecule has 1 N–H and O–H groups in total. The van der Waals surface area contributed by atoms with Crippen LogP contribution in [0.25, 0.3) is 0 Å². The van der Waals surface area contributed by atoms with Gasteiger partial charge in [0.25, 0.3) is 0 Å². The minimum Gasteiger partial charge on any atom is -0.315 e. The van der Waals surface area contributed by atoms with Gasteiger partial charge in [-0.15, -0.1) is 0 Å². The van der Waals surface area contributed by atoms with Gasteiger partial charge in [0.2, 0.25) is 0 Å².